The minimum absolute atomic E-state index is 0.0881. The van der Waals surface area contributed by atoms with Crippen LogP contribution in [0.4, 0.5) is 8.78 Å². The summed E-state index contributed by atoms with van der Waals surface area (Å²) in [5.74, 6) is -5.18. The van der Waals surface area contributed by atoms with Crippen LogP contribution in [0.3, 0.4) is 0 Å². The van der Waals surface area contributed by atoms with Gasteiger partial charge in [0.25, 0.3) is 0 Å². The van der Waals surface area contributed by atoms with E-state index in [1.165, 1.54) is 24.8 Å². The van der Waals surface area contributed by atoms with Crippen molar-refractivity contribution in [3.63, 3.8) is 0 Å². The zero-order valence-electron chi connectivity index (χ0n) is 22.5. The number of nitrogens with one attached hydrogen (secondary N) is 2. The van der Waals surface area contributed by atoms with Crippen molar-refractivity contribution in [2.45, 2.75) is 77.1 Å². The van der Waals surface area contributed by atoms with E-state index < -0.39 is 59.6 Å². The van der Waals surface area contributed by atoms with E-state index in [1.807, 2.05) is 6.92 Å². The molecule has 1 aliphatic heterocycles. The maximum absolute atomic E-state index is 13.8. The van der Waals surface area contributed by atoms with Gasteiger partial charge in [-0.1, -0.05) is 19.4 Å². The second-order valence-electron chi connectivity index (χ2n) is 9.26. The molecule has 0 saturated carbocycles. The van der Waals surface area contributed by atoms with Crippen molar-refractivity contribution in [3.05, 3.63) is 47.5 Å². The third kappa shape index (κ3) is 9.45. The standard InChI is InChI=1S/C27H35F2N3O7/c1-5-6-7-10-23(34)30-21(14-18-12-19(28)15-20(29)13-18)25(35)31-24(27(37)38-4)16(2)39-26(36)22-9-8-11-32(22)17(3)33/h7,10,12-13,15-16,21-22,24H,5-6,8-9,11,14H2,1-4H3,(H,30,34)(H,31,35)/b10-7+/t16-,21+,22+,24+/m1/s1. The van der Waals surface area contributed by atoms with E-state index in [0.717, 1.165) is 25.7 Å². The molecule has 0 radical (unpaired) electrons. The number of rotatable bonds is 12. The van der Waals surface area contributed by atoms with Gasteiger partial charge in [0.2, 0.25) is 17.7 Å². The van der Waals surface area contributed by atoms with Crippen LogP contribution in [0.2, 0.25) is 0 Å². The highest BCUT2D eigenvalue weighted by Gasteiger charge is 2.38. The van der Waals surface area contributed by atoms with Crippen molar-refractivity contribution in [3.8, 4) is 0 Å². The lowest BCUT2D eigenvalue weighted by molar-refractivity contribution is -0.163. The maximum Gasteiger partial charge on any atom is 0.332 e. The first kappa shape index (κ1) is 31.4. The molecule has 1 aromatic carbocycles. The molecular weight excluding hydrogens is 516 g/mol. The van der Waals surface area contributed by atoms with E-state index in [2.05, 4.69) is 10.6 Å². The number of halogens is 2. The van der Waals surface area contributed by atoms with Gasteiger partial charge in [0.05, 0.1) is 7.11 Å². The molecule has 12 heteroatoms. The molecule has 0 aliphatic carbocycles. The molecule has 1 saturated heterocycles. The van der Waals surface area contributed by atoms with Crippen molar-refractivity contribution in [1.82, 2.24) is 15.5 Å². The summed E-state index contributed by atoms with van der Waals surface area (Å²) in [6.07, 6.45) is 3.75. The molecular formula is C27H35F2N3O7. The fourth-order valence-corrected chi connectivity index (χ4v) is 4.22. The second kappa shape index (κ2) is 14.9. The average Bonchev–Trinajstić information content (AvgIpc) is 3.36. The number of nitrogens with zero attached hydrogens (tertiary/aromatic N) is 1. The molecule has 1 heterocycles. The molecule has 0 bridgehead atoms. The number of carbonyl (C=O) groups is 5. The number of methoxy groups -OCH3 is 1. The Bertz CT molecular complexity index is 1070. The number of allylic oxidation sites excluding steroid dienone is 1. The summed E-state index contributed by atoms with van der Waals surface area (Å²) in [6, 6.07) is -0.921. The molecule has 2 N–H and O–H groups in total. The predicted molar refractivity (Wildman–Crippen MR) is 136 cm³/mol. The number of esters is 2. The Hall–Kier alpha value is -3.83. The number of hydrogen-bond donors (Lipinski definition) is 2. The fourth-order valence-electron chi connectivity index (χ4n) is 4.22. The number of hydrogen-bond acceptors (Lipinski definition) is 7. The highest BCUT2D eigenvalue weighted by molar-refractivity contribution is 5.94. The van der Waals surface area contributed by atoms with Gasteiger partial charge in [0.1, 0.15) is 29.8 Å². The van der Waals surface area contributed by atoms with E-state index in [0.29, 0.717) is 31.9 Å². The number of amides is 3. The van der Waals surface area contributed by atoms with Gasteiger partial charge in [0, 0.05) is 26.0 Å². The Balaban J connectivity index is 2.23. The number of unbranched alkanes of at least 4 members (excludes halogenated alkanes) is 1. The minimum Gasteiger partial charge on any atom is -0.467 e. The van der Waals surface area contributed by atoms with Gasteiger partial charge in [0.15, 0.2) is 6.04 Å². The number of likely N-dealkylation sites (tertiary alicyclic amines) is 1. The maximum atomic E-state index is 13.8. The monoisotopic (exact) mass is 551 g/mol. The van der Waals surface area contributed by atoms with Crippen molar-refractivity contribution in [2.75, 3.05) is 13.7 Å². The SMILES string of the molecule is CCC/C=C/C(=O)N[C@@H](Cc1cc(F)cc(F)c1)C(=O)N[C@H](C(=O)OC)[C@@H](C)OC(=O)[C@@H]1CCCN1C(C)=O. The summed E-state index contributed by atoms with van der Waals surface area (Å²) in [5, 5.41) is 4.90. The van der Waals surface area contributed by atoms with E-state index in [1.54, 1.807) is 6.08 Å². The molecule has 1 aliphatic rings. The summed E-state index contributed by atoms with van der Waals surface area (Å²) in [4.78, 5) is 64.2. The summed E-state index contributed by atoms with van der Waals surface area (Å²) < 4.78 is 37.7. The molecule has 10 nitrogen and oxygen atoms in total. The summed E-state index contributed by atoms with van der Waals surface area (Å²) >= 11 is 0. The lowest BCUT2D eigenvalue weighted by Gasteiger charge is -2.28. The van der Waals surface area contributed by atoms with Gasteiger partial charge in [-0.15, -0.1) is 0 Å². The average molecular weight is 552 g/mol. The van der Waals surface area contributed by atoms with Crippen LogP contribution in [0.1, 0.15) is 52.0 Å². The van der Waals surface area contributed by atoms with Crippen molar-refractivity contribution in [2.24, 2.45) is 0 Å². The van der Waals surface area contributed by atoms with E-state index in [4.69, 9.17) is 9.47 Å². The quantitative estimate of drug-likeness (QED) is 0.300. The molecule has 2 rings (SSSR count). The van der Waals surface area contributed by atoms with Gasteiger partial charge in [-0.05, 0) is 50.0 Å². The summed E-state index contributed by atoms with van der Waals surface area (Å²) in [6.45, 7) is 5.02. The second-order valence-corrected chi connectivity index (χ2v) is 9.26. The number of carbonyl (C=O) groups excluding carboxylic acids is 5. The fraction of sp³-hybridized carbons (Fsp3) is 0.519. The van der Waals surface area contributed by atoms with Crippen LogP contribution in [0, 0.1) is 11.6 Å². The first-order chi connectivity index (χ1) is 18.5. The molecule has 0 aromatic heterocycles. The van der Waals surface area contributed by atoms with Crippen LogP contribution >= 0.6 is 0 Å². The van der Waals surface area contributed by atoms with Gasteiger partial charge >= 0.3 is 11.9 Å². The molecule has 0 unspecified atom stereocenters. The van der Waals surface area contributed by atoms with Crippen LogP contribution in [0.25, 0.3) is 0 Å². The first-order valence-corrected chi connectivity index (χ1v) is 12.7. The number of benzene rings is 1. The van der Waals surface area contributed by atoms with Crippen LogP contribution in [0.5, 0.6) is 0 Å². The summed E-state index contributed by atoms with van der Waals surface area (Å²) in [7, 11) is 1.08. The van der Waals surface area contributed by atoms with Crippen LogP contribution < -0.4 is 10.6 Å². The van der Waals surface area contributed by atoms with Crippen LogP contribution in [-0.2, 0) is 39.9 Å². The van der Waals surface area contributed by atoms with Crippen molar-refractivity contribution >= 4 is 29.7 Å². The molecule has 4 atom stereocenters. The molecule has 39 heavy (non-hydrogen) atoms. The van der Waals surface area contributed by atoms with Gasteiger partial charge in [-0.25, -0.2) is 18.4 Å². The lowest BCUT2D eigenvalue weighted by Crippen LogP contribution is -2.56. The smallest absolute Gasteiger partial charge is 0.332 e. The van der Waals surface area contributed by atoms with Crippen molar-refractivity contribution in [1.29, 1.82) is 0 Å². The van der Waals surface area contributed by atoms with Crippen LogP contribution in [-0.4, -0.2) is 72.4 Å². The minimum atomic E-state index is -1.47. The topological polar surface area (TPSA) is 131 Å². The molecule has 0 spiro atoms. The third-order valence-electron chi connectivity index (χ3n) is 6.17. The predicted octanol–water partition coefficient (Wildman–Crippen LogP) is 1.95. The Morgan fingerprint density at radius 3 is 2.38 bits per heavy atom. The molecule has 214 valence electrons. The first-order valence-electron chi connectivity index (χ1n) is 12.7. The molecule has 1 fully saturated rings. The van der Waals surface area contributed by atoms with Gasteiger partial charge < -0.3 is 25.0 Å². The van der Waals surface area contributed by atoms with E-state index >= 15 is 0 Å². The Morgan fingerprint density at radius 1 is 1.13 bits per heavy atom. The zero-order chi connectivity index (χ0) is 29.1. The zero-order valence-corrected chi connectivity index (χ0v) is 22.5. The Kier molecular flexibility index (Phi) is 12.0. The Morgan fingerprint density at radius 2 is 1.79 bits per heavy atom. The third-order valence-corrected chi connectivity index (χ3v) is 6.17. The molecule has 3 amide bonds. The highest BCUT2D eigenvalue weighted by atomic mass is 19.1. The molecule has 1 aromatic rings. The number of ether oxygens (including phenoxy) is 2. The van der Waals surface area contributed by atoms with Gasteiger partial charge in [-0.2, -0.15) is 0 Å². The van der Waals surface area contributed by atoms with Crippen molar-refractivity contribution < 1.29 is 42.2 Å². The Labute approximate surface area is 226 Å². The summed E-state index contributed by atoms with van der Waals surface area (Å²) in [5.41, 5.74) is 0.0881. The normalized spacial score (nSPS) is 17.3. The largest absolute Gasteiger partial charge is 0.467 e. The van der Waals surface area contributed by atoms with E-state index in [-0.39, 0.29) is 17.9 Å². The highest BCUT2D eigenvalue weighted by Crippen LogP contribution is 2.20. The lowest BCUT2D eigenvalue weighted by atomic mass is 10.0. The van der Waals surface area contributed by atoms with E-state index in [9.17, 15) is 32.8 Å². The van der Waals surface area contributed by atoms with Crippen LogP contribution in [0.15, 0.2) is 30.4 Å². The van der Waals surface area contributed by atoms with Gasteiger partial charge in [-0.3, -0.25) is 14.4 Å².